The van der Waals surface area contributed by atoms with Gasteiger partial charge in [-0.2, -0.15) is 0 Å². The van der Waals surface area contributed by atoms with Gasteiger partial charge in [0.2, 0.25) is 5.91 Å². The smallest absolute Gasteiger partial charge is 0.276 e. The minimum absolute atomic E-state index is 0.0553. The van der Waals surface area contributed by atoms with E-state index in [0.29, 0.717) is 46.6 Å². The molecule has 2 aromatic heterocycles. The second-order valence-electron chi connectivity index (χ2n) is 7.18. The van der Waals surface area contributed by atoms with Gasteiger partial charge in [0.1, 0.15) is 0 Å². The molecule has 9 heteroatoms. The number of nitrogens with one attached hydrogen (secondary N) is 1. The first-order valence-electron chi connectivity index (χ1n) is 9.42. The van der Waals surface area contributed by atoms with Crippen molar-refractivity contribution in [3.63, 3.8) is 0 Å². The van der Waals surface area contributed by atoms with Crippen LogP contribution in [0.2, 0.25) is 10.0 Å². The molecule has 0 unspecified atom stereocenters. The number of benzene rings is 1. The zero-order chi connectivity index (χ0) is 20.5. The largest absolute Gasteiger partial charge is 0.340 e. The number of halogens is 2. The van der Waals surface area contributed by atoms with E-state index < -0.39 is 0 Å². The van der Waals surface area contributed by atoms with Gasteiger partial charge in [0.15, 0.2) is 5.65 Å². The molecule has 7 nitrogen and oxygen atoms in total. The van der Waals surface area contributed by atoms with Crippen LogP contribution in [-0.4, -0.2) is 56.5 Å². The van der Waals surface area contributed by atoms with Crippen LogP contribution < -0.4 is 5.56 Å². The van der Waals surface area contributed by atoms with Crippen molar-refractivity contribution in [2.75, 3.05) is 26.2 Å². The maximum absolute atomic E-state index is 12.8. The fraction of sp³-hybridized carbons (Fsp3) is 0.350. The Morgan fingerprint density at radius 2 is 1.93 bits per heavy atom. The summed E-state index contributed by atoms with van der Waals surface area (Å²) < 4.78 is 1.36. The highest BCUT2D eigenvalue weighted by molar-refractivity contribution is 6.42. The summed E-state index contributed by atoms with van der Waals surface area (Å²) >= 11 is 12.4. The van der Waals surface area contributed by atoms with Crippen molar-refractivity contribution in [1.82, 2.24) is 24.4 Å². The Morgan fingerprint density at radius 3 is 2.69 bits per heavy atom. The summed E-state index contributed by atoms with van der Waals surface area (Å²) in [6, 6.07) is 7.35. The van der Waals surface area contributed by atoms with Gasteiger partial charge in [0.05, 0.1) is 16.5 Å². The standard InChI is InChI=1S/C20H21Cl2N5O2/c1-13-15(20(29)27-17(24-13)5-6-23-27)11-18(28)26-9-7-25(8-10-26)12-14-3-2-4-16(21)19(14)22/h2-6,23H,7-12H2,1H3. The molecule has 1 fully saturated rings. The zero-order valence-electron chi connectivity index (χ0n) is 16.0. The maximum atomic E-state index is 12.8. The number of aryl methyl sites for hydroxylation is 1. The number of aromatic amines is 1. The molecule has 0 atom stereocenters. The van der Waals surface area contributed by atoms with Gasteiger partial charge < -0.3 is 4.90 Å². The summed E-state index contributed by atoms with van der Waals surface area (Å²) in [5.41, 5.74) is 2.34. The van der Waals surface area contributed by atoms with E-state index in [1.165, 1.54) is 4.52 Å². The number of nitrogens with zero attached hydrogens (tertiary/aromatic N) is 4. The molecular weight excluding hydrogens is 413 g/mol. The van der Waals surface area contributed by atoms with Crippen molar-refractivity contribution in [3.05, 3.63) is 67.7 Å². The number of hydrogen-bond donors (Lipinski definition) is 1. The molecule has 1 amide bonds. The lowest BCUT2D eigenvalue weighted by Gasteiger charge is -2.35. The predicted octanol–water partition coefficient (Wildman–Crippen LogP) is 2.52. The summed E-state index contributed by atoms with van der Waals surface area (Å²) in [5, 5.41) is 3.96. The van der Waals surface area contributed by atoms with Gasteiger partial charge >= 0.3 is 0 Å². The first-order chi connectivity index (χ1) is 13.9. The molecule has 0 saturated carbocycles. The normalized spacial score (nSPS) is 15.2. The van der Waals surface area contributed by atoms with Gasteiger partial charge in [-0.05, 0) is 18.6 Å². The average Bonchev–Trinajstić information content (AvgIpc) is 3.17. The summed E-state index contributed by atoms with van der Waals surface area (Å²) in [6.07, 6.45) is 1.71. The van der Waals surface area contributed by atoms with Gasteiger partial charge in [-0.1, -0.05) is 35.3 Å². The second-order valence-corrected chi connectivity index (χ2v) is 7.97. The van der Waals surface area contributed by atoms with Gasteiger partial charge in [0, 0.05) is 56.2 Å². The van der Waals surface area contributed by atoms with Crippen LogP contribution in [0.4, 0.5) is 0 Å². The average molecular weight is 434 g/mol. The molecule has 152 valence electrons. The van der Waals surface area contributed by atoms with Crippen LogP contribution in [0, 0.1) is 6.92 Å². The van der Waals surface area contributed by atoms with Crippen LogP contribution in [0.3, 0.4) is 0 Å². The van der Waals surface area contributed by atoms with E-state index in [4.69, 9.17) is 23.2 Å². The first kappa shape index (κ1) is 19.9. The Bertz CT molecular complexity index is 1120. The maximum Gasteiger partial charge on any atom is 0.276 e. The molecule has 1 aromatic carbocycles. The number of carbonyl (C=O) groups excluding carboxylic acids is 1. The molecule has 0 radical (unpaired) electrons. The van der Waals surface area contributed by atoms with Crippen molar-refractivity contribution in [1.29, 1.82) is 0 Å². The van der Waals surface area contributed by atoms with E-state index in [-0.39, 0.29) is 17.9 Å². The van der Waals surface area contributed by atoms with Crippen LogP contribution in [0.5, 0.6) is 0 Å². The van der Waals surface area contributed by atoms with E-state index in [9.17, 15) is 9.59 Å². The third-order valence-electron chi connectivity index (χ3n) is 5.32. The SMILES string of the molecule is Cc1nc2cc[nH]n2c(=O)c1CC(=O)N1CCN(Cc2cccc(Cl)c2Cl)CC1. The van der Waals surface area contributed by atoms with E-state index in [0.717, 1.165) is 18.7 Å². The zero-order valence-corrected chi connectivity index (χ0v) is 17.5. The van der Waals surface area contributed by atoms with Crippen molar-refractivity contribution in [2.45, 2.75) is 19.9 Å². The number of rotatable bonds is 4. The number of fused-ring (bicyclic) bond motifs is 1. The summed E-state index contributed by atoms with van der Waals surface area (Å²) in [4.78, 5) is 33.9. The second kappa shape index (κ2) is 8.18. The molecule has 1 N–H and O–H groups in total. The first-order valence-corrected chi connectivity index (χ1v) is 10.2. The number of H-pyrrole nitrogens is 1. The molecule has 1 aliphatic heterocycles. The van der Waals surface area contributed by atoms with Crippen molar-refractivity contribution in [3.8, 4) is 0 Å². The van der Waals surface area contributed by atoms with Crippen molar-refractivity contribution in [2.24, 2.45) is 0 Å². The Hall–Kier alpha value is -2.35. The molecule has 4 rings (SSSR count). The van der Waals surface area contributed by atoms with Crippen LogP contribution in [0.1, 0.15) is 16.8 Å². The quantitative estimate of drug-likeness (QED) is 0.685. The van der Waals surface area contributed by atoms with E-state index >= 15 is 0 Å². The summed E-state index contributed by atoms with van der Waals surface area (Å²) in [6.45, 7) is 5.14. The molecule has 0 spiro atoms. The van der Waals surface area contributed by atoms with Gasteiger partial charge in [-0.15, -0.1) is 0 Å². The Labute approximate surface area is 177 Å². The molecule has 0 aliphatic carbocycles. The predicted molar refractivity (Wildman–Crippen MR) is 113 cm³/mol. The summed E-state index contributed by atoms with van der Waals surface area (Å²) in [5.74, 6) is -0.0565. The highest BCUT2D eigenvalue weighted by Crippen LogP contribution is 2.26. The van der Waals surface area contributed by atoms with Gasteiger partial charge in [0.25, 0.3) is 5.56 Å². The Balaban J connectivity index is 1.39. The van der Waals surface area contributed by atoms with Crippen LogP contribution >= 0.6 is 23.2 Å². The number of carbonyl (C=O) groups is 1. The van der Waals surface area contributed by atoms with Crippen molar-refractivity contribution < 1.29 is 4.79 Å². The fourth-order valence-electron chi connectivity index (χ4n) is 3.64. The fourth-order valence-corrected chi connectivity index (χ4v) is 4.02. The van der Waals surface area contributed by atoms with E-state index in [1.54, 1.807) is 30.2 Å². The van der Waals surface area contributed by atoms with E-state index in [2.05, 4.69) is 15.0 Å². The Kier molecular flexibility index (Phi) is 5.63. The third kappa shape index (κ3) is 4.03. The lowest BCUT2D eigenvalue weighted by molar-refractivity contribution is -0.132. The topological polar surface area (TPSA) is 73.7 Å². The molecule has 3 aromatic rings. The number of amides is 1. The minimum atomic E-state index is -0.222. The van der Waals surface area contributed by atoms with E-state index in [1.807, 2.05) is 12.1 Å². The molecule has 0 bridgehead atoms. The highest BCUT2D eigenvalue weighted by Gasteiger charge is 2.24. The molecule has 29 heavy (non-hydrogen) atoms. The highest BCUT2D eigenvalue weighted by atomic mass is 35.5. The lowest BCUT2D eigenvalue weighted by atomic mass is 10.1. The van der Waals surface area contributed by atoms with Crippen molar-refractivity contribution >= 4 is 34.8 Å². The Morgan fingerprint density at radius 1 is 1.17 bits per heavy atom. The van der Waals surface area contributed by atoms with Gasteiger partial charge in [-0.25, -0.2) is 9.50 Å². The van der Waals surface area contributed by atoms with Gasteiger partial charge in [-0.3, -0.25) is 19.6 Å². The lowest BCUT2D eigenvalue weighted by Crippen LogP contribution is -2.49. The number of aromatic nitrogens is 3. The third-order valence-corrected chi connectivity index (χ3v) is 6.18. The molecule has 1 saturated heterocycles. The number of hydrogen-bond acceptors (Lipinski definition) is 4. The monoisotopic (exact) mass is 433 g/mol. The summed E-state index contributed by atoms with van der Waals surface area (Å²) in [7, 11) is 0. The molecule has 3 heterocycles. The molecule has 1 aliphatic rings. The van der Waals surface area contributed by atoms with Crippen LogP contribution in [0.25, 0.3) is 5.65 Å². The molecular formula is C20H21Cl2N5O2. The number of piperazine rings is 1. The minimum Gasteiger partial charge on any atom is -0.340 e. The van der Waals surface area contributed by atoms with Crippen LogP contribution in [0.15, 0.2) is 35.3 Å². The van der Waals surface area contributed by atoms with Crippen LogP contribution in [-0.2, 0) is 17.8 Å².